The molecule has 92 valence electrons. The lowest BCUT2D eigenvalue weighted by Crippen LogP contribution is -2.30. The Morgan fingerprint density at radius 2 is 0.800 bits per heavy atom. The van der Waals surface area contributed by atoms with Gasteiger partial charge in [0.25, 0.3) is 0 Å². The molecule has 0 bridgehead atoms. The van der Waals surface area contributed by atoms with Gasteiger partial charge < -0.3 is 0 Å². The molecule has 0 aromatic heterocycles. The van der Waals surface area contributed by atoms with Crippen LogP contribution in [-0.4, -0.2) is 25.3 Å². The molecule has 0 aliphatic carbocycles. The molecular weight excluding hydrogens is 220 g/mol. The van der Waals surface area contributed by atoms with Crippen LogP contribution in [-0.2, 0) is 0 Å². The maximum absolute atomic E-state index is 4.41. The fourth-order valence-corrected chi connectivity index (χ4v) is 7.02. The van der Waals surface area contributed by atoms with Gasteiger partial charge in [0.05, 0.1) is 0 Å². The lowest BCUT2D eigenvalue weighted by Gasteiger charge is -2.44. The molecule has 2 atom stereocenters. The predicted molar refractivity (Wildman–Crippen MR) is 83.0 cm³/mol. The van der Waals surface area contributed by atoms with Gasteiger partial charge in [-0.3, -0.25) is 0 Å². The van der Waals surface area contributed by atoms with Crippen molar-refractivity contribution in [2.75, 3.05) is 0 Å². The highest BCUT2D eigenvalue weighted by atomic mass is 32.2. The molecule has 0 saturated carbocycles. The molecule has 2 heteroatoms. The second kappa shape index (κ2) is 4.37. The van der Waals surface area contributed by atoms with Crippen LogP contribution in [0.4, 0.5) is 0 Å². The zero-order valence-corrected chi connectivity index (χ0v) is 13.4. The van der Waals surface area contributed by atoms with E-state index in [0.717, 1.165) is 0 Å². The van der Waals surface area contributed by atoms with Gasteiger partial charge in [0, 0.05) is 13.6 Å². The first kappa shape index (κ1) is 15.4. The molecule has 0 aliphatic heterocycles. The monoisotopic (exact) mass is 248 g/mol. The summed E-state index contributed by atoms with van der Waals surface area (Å²) in [5.74, 6) is 8.82. The summed E-state index contributed by atoms with van der Waals surface area (Å²) in [6.45, 7) is 18.4. The Balaban J connectivity index is 5.18. The lowest BCUT2D eigenvalue weighted by atomic mass is 10.3. The highest BCUT2D eigenvalue weighted by molar-refractivity contribution is 8.32. The van der Waals surface area contributed by atoms with Gasteiger partial charge in [0.2, 0.25) is 0 Å². The molecule has 0 spiro atoms. The van der Waals surface area contributed by atoms with Gasteiger partial charge in [-0.25, -0.2) is 0 Å². The average molecular weight is 249 g/mol. The van der Waals surface area contributed by atoms with Crippen LogP contribution in [0.1, 0.15) is 55.4 Å². The van der Waals surface area contributed by atoms with Crippen LogP contribution in [0.25, 0.3) is 0 Å². The van der Waals surface area contributed by atoms with Crippen molar-refractivity contribution in [3.63, 3.8) is 0 Å². The number of hydrogen-bond acceptors (Lipinski definition) is 0. The summed E-state index contributed by atoms with van der Waals surface area (Å²) in [7, 11) is 0.251. The van der Waals surface area contributed by atoms with E-state index in [-0.39, 0.29) is 34.5 Å². The molecule has 0 heterocycles. The van der Waals surface area contributed by atoms with E-state index in [4.69, 9.17) is 0 Å². The van der Waals surface area contributed by atoms with Crippen molar-refractivity contribution in [3.8, 4) is 0 Å². The number of hydrogen-bond donors (Lipinski definition) is 0. The fraction of sp³-hybridized carbons (Fsp3) is 0.846. The minimum atomic E-state index is 0.126. The summed E-state index contributed by atoms with van der Waals surface area (Å²) in [6, 6.07) is 0. The van der Waals surface area contributed by atoms with Crippen molar-refractivity contribution < 1.29 is 0 Å². The second-order valence-electron chi connectivity index (χ2n) is 6.41. The second-order valence-corrected chi connectivity index (χ2v) is 12.7. The summed E-state index contributed by atoms with van der Waals surface area (Å²) in [6.07, 6.45) is 0. The molecule has 0 rings (SSSR count). The van der Waals surface area contributed by atoms with Crippen LogP contribution in [0.2, 0.25) is 0 Å². The molecule has 0 saturated heterocycles. The molecule has 0 aliphatic rings. The summed E-state index contributed by atoms with van der Waals surface area (Å²) >= 11 is 0. The Labute approximate surface area is 102 Å². The quantitative estimate of drug-likeness (QED) is 0.620. The maximum Gasteiger partial charge on any atom is 0.0457 e. The predicted octanol–water partition coefficient (Wildman–Crippen LogP) is 4.72. The minimum Gasteiger partial charge on any atom is -0.172 e. The first-order valence-corrected chi connectivity index (χ1v) is 8.18. The lowest BCUT2D eigenvalue weighted by molar-refractivity contribution is 0.769. The van der Waals surface area contributed by atoms with Gasteiger partial charge in [-0.15, -0.1) is 0 Å². The Morgan fingerprint density at radius 1 is 0.600 bits per heavy atom. The zero-order chi connectivity index (χ0) is 12.7. The topological polar surface area (TPSA) is 0 Å². The van der Waals surface area contributed by atoms with E-state index < -0.39 is 0 Å². The van der Waals surface area contributed by atoms with Gasteiger partial charge in [0.15, 0.2) is 0 Å². The minimum absolute atomic E-state index is 0.126. The van der Waals surface area contributed by atoms with Gasteiger partial charge in [-0.05, 0) is 13.8 Å². The molecule has 0 amide bonds. The van der Waals surface area contributed by atoms with Crippen molar-refractivity contribution in [1.29, 1.82) is 0 Å². The van der Waals surface area contributed by atoms with Crippen LogP contribution in [0.3, 0.4) is 0 Å². The van der Waals surface area contributed by atoms with Crippen LogP contribution in [0.5, 0.6) is 0 Å². The van der Waals surface area contributed by atoms with Gasteiger partial charge in [-0.1, -0.05) is 53.3 Å². The van der Waals surface area contributed by atoms with Crippen LogP contribution in [0.15, 0.2) is 0 Å². The number of rotatable bonds is 2. The first-order valence-electron chi connectivity index (χ1n) is 5.39. The Bertz CT molecular complexity index is 244. The smallest absolute Gasteiger partial charge is 0.0457 e. The Hall–Kier alpha value is 0.440. The molecule has 0 nitrogen and oxygen atoms in total. The third kappa shape index (κ3) is 3.74. The third-order valence-electron chi connectivity index (χ3n) is 2.67. The molecule has 0 N–H and O–H groups in total. The van der Waals surface area contributed by atoms with Crippen molar-refractivity contribution in [3.05, 3.63) is 0 Å². The fourth-order valence-electron chi connectivity index (χ4n) is 1.60. The van der Waals surface area contributed by atoms with E-state index in [1.54, 1.807) is 0 Å². The van der Waals surface area contributed by atoms with E-state index in [2.05, 4.69) is 67.1 Å². The van der Waals surface area contributed by atoms with Crippen molar-refractivity contribution in [1.82, 2.24) is 0 Å². The van der Waals surface area contributed by atoms with Crippen molar-refractivity contribution in [2.24, 2.45) is 0 Å². The first-order chi connectivity index (χ1) is 6.31. The largest absolute Gasteiger partial charge is 0.172 e. The van der Waals surface area contributed by atoms with Crippen LogP contribution >= 0.6 is 21.0 Å². The maximum atomic E-state index is 4.41. The van der Waals surface area contributed by atoms with Gasteiger partial charge in [0.1, 0.15) is 0 Å². The van der Waals surface area contributed by atoms with Crippen molar-refractivity contribution in [2.45, 2.75) is 69.0 Å². The average Bonchev–Trinajstić information content (AvgIpc) is 1.98. The standard InChI is InChI=1S/C13H28S2/c1-11(2,3)14(9)13(7,8)15(10)12(4,5)6/h9-10H2,1-8H3. The molecule has 0 aromatic carbocycles. The van der Waals surface area contributed by atoms with E-state index >= 15 is 0 Å². The summed E-state index contributed by atoms with van der Waals surface area (Å²) in [4.78, 5) is 0. The molecule has 15 heavy (non-hydrogen) atoms. The molecule has 2 unspecified atom stereocenters. The highest BCUT2D eigenvalue weighted by Crippen LogP contribution is 2.55. The van der Waals surface area contributed by atoms with Crippen molar-refractivity contribution >= 4 is 32.7 Å². The third-order valence-corrected chi connectivity index (χ3v) is 9.20. The summed E-state index contributed by atoms with van der Waals surface area (Å²) in [5, 5.41) is 0. The van der Waals surface area contributed by atoms with E-state index in [0.29, 0.717) is 0 Å². The molecule has 0 radical (unpaired) electrons. The van der Waals surface area contributed by atoms with Crippen LogP contribution < -0.4 is 0 Å². The zero-order valence-electron chi connectivity index (χ0n) is 11.7. The Kier molecular flexibility index (Phi) is 4.49. The summed E-state index contributed by atoms with van der Waals surface area (Å²) in [5.41, 5.74) is 0. The molecule has 0 fully saturated rings. The van der Waals surface area contributed by atoms with E-state index in [9.17, 15) is 0 Å². The molecular formula is C13H28S2. The Morgan fingerprint density at radius 3 is 0.933 bits per heavy atom. The van der Waals surface area contributed by atoms with Gasteiger partial charge in [-0.2, -0.15) is 21.0 Å². The van der Waals surface area contributed by atoms with Gasteiger partial charge >= 0.3 is 0 Å². The van der Waals surface area contributed by atoms with Crippen LogP contribution in [0, 0.1) is 0 Å². The van der Waals surface area contributed by atoms with E-state index in [1.807, 2.05) is 0 Å². The summed E-state index contributed by atoms with van der Waals surface area (Å²) < 4.78 is 0.770. The normalized spacial score (nSPS) is 18.7. The van der Waals surface area contributed by atoms with E-state index in [1.165, 1.54) is 0 Å². The molecule has 0 aromatic rings. The SMILES string of the molecule is C=S(C(C)(C)C)C(C)(C)S(=C)C(C)(C)C. The highest BCUT2D eigenvalue weighted by Gasteiger charge is 2.35.